The third-order valence-corrected chi connectivity index (χ3v) is 4.78. The first-order valence-corrected chi connectivity index (χ1v) is 7.44. The Hall–Kier alpha value is -1.84. The van der Waals surface area contributed by atoms with Gasteiger partial charge in [-0.25, -0.2) is 4.79 Å². The van der Waals surface area contributed by atoms with Gasteiger partial charge in [0.05, 0.1) is 18.1 Å². The van der Waals surface area contributed by atoms with Crippen LogP contribution in [-0.4, -0.2) is 24.2 Å². The molecule has 0 aliphatic heterocycles. The molecule has 4 nitrogen and oxygen atoms in total. The standard InChI is InChI=1S/C17H22O4/c1-3-17(16(19)20)10-4-5-14(11-17)12-6-8-13(9-7-12)15(18)21-2/h6-9,14H,3-5,10-11H2,1-2H3,(H,19,20). The molecule has 0 heterocycles. The van der Waals surface area contributed by atoms with Gasteiger partial charge in [0.25, 0.3) is 0 Å². The highest BCUT2D eigenvalue weighted by Crippen LogP contribution is 2.46. The van der Waals surface area contributed by atoms with Gasteiger partial charge in [0.2, 0.25) is 0 Å². The van der Waals surface area contributed by atoms with Gasteiger partial charge in [-0.2, -0.15) is 0 Å². The van der Waals surface area contributed by atoms with Crippen LogP contribution in [0, 0.1) is 5.41 Å². The lowest BCUT2D eigenvalue weighted by molar-refractivity contribution is -0.151. The molecule has 2 atom stereocenters. The van der Waals surface area contributed by atoms with Crippen LogP contribution < -0.4 is 0 Å². The van der Waals surface area contributed by atoms with E-state index in [0.717, 1.165) is 24.8 Å². The number of aliphatic carboxylic acids is 1. The Balaban J connectivity index is 2.18. The highest BCUT2D eigenvalue weighted by atomic mass is 16.5. The molecule has 0 amide bonds. The molecule has 1 N–H and O–H groups in total. The zero-order valence-electron chi connectivity index (χ0n) is 12.6. The molecule has 1 aliphatic rings. The molecular formula is C17H22O4. The topological polar surface area (TPSA) is 63.6 Å². The van der Waals surface area contributed by atoms with Crippen LogP contribution in [0.15, 0.2) is 24.3 Å². The molecule has 4 heteroatoms. The van der Waals surface area contributed by atoms with Crippen LogP contribution in [0.4, 0.5) is 0 Å². The van der Waals surface area contributed by atoms with Crippen LogP contribution >= 0.6 is 0 Å². The van der Waals surface area contributed by atoms with Gasteiger partial charge in [-0.15, -0.1) is 0 Å². The van der Waals surface area contributed by atoms with E-state index in [1.54, 1.807) is 12.1 Å². The normalized spacial score (nSPS) is 25.3. The molecule has 0 saturated heterocycles. The molecule has 1 aromatic rings. The Morgan fingerprint density at radius 1 is 1.33 bits per heavy atom. The zero-order chi connectivity index (χ0) is 15.5. The predicted molar refractivity (Wildman–Crippen MR) is 79.4 cm³/mol. The van der Waals surface area contributed by atoms with Gasteiger partial charge in [-0.05, 0) is 49.3 Å². The third-order valence-electron chi connectivity index (χ3n) is 4.78. The predicted octanol–water partition coefficient (Wildman–Crippen LogP) is 3.61. The monoisotopic (exact) mass is 290 g/mol. The number of benzene rings is 1. The molecular weight excluding hydrogens is 268 g/mol. The Morgan fingerprint density at radius 2 is 2.00 bits per heavy atom. The summed E-state index contributed by atoms with van der Waals surface area (Å²) in [7, 11) is 1.36. The van der Waals surface area contributed by atoms with Crippen molar-refractivity contribution in [3.63, 3.8) is 0 Å². The molecule has 2 rings (SSSR count). The van der Waals surface area contributed by atoms with Gasteiger partial charge in [-0.1, -0.05) is 25.5 Å². The Bertz CT molecular complexity index is 520. The maximum atomic E-state index is 11.6. The lowest BCUT2D eigenvalue weighted by Crippen LogP contribution is -2.35. The number of rotatable bonds is 4. The zero-order valence-corrected chi connectivity index (χ0v) is 12.6. The summed E-state index contributed by atoms with van der Waals surface area (Å²) in [6, 6.07) is 7.35. The van der Waals surface area contributed by atoms with E-state index in [4.69, 9.17) is 0 Å². The quantitative estimate of drug-likeness (QED) is 0.860. The number of carbonyl (C=O) groups excluding carboxylic acids is 1. The van der Waals surface area contributed by atoms with Crippen molar-refractivity contribution in [3.8, 4) is 0 Å². The second-order valence-electron chi connectivity index (χ2n) is 5.85. The average molecular weight is 290 g/mol. The Kier molecular flexibility index (Phi) is 4.66. The van der Waals surface area contributed by atoms with E-state index in [0.29, 0.717) is 18.4 Å². The van der Waals surface area contributed by atoms with Crippen LogP contribution in [-0.2, 0) is 9.53 Å². The second-order valence-corrected chi connectivity index (χ2v) is 5.85. The van der Waals surface area contributed by atoms with Crippen LogP contribution in [0.25, 0.3) is 0 Å². The fraction of sp³-hybridized carbons (Fsp3) is 0.529. The molecule has 2 unspecified atom stereocenters. The van der Waals surface area contributed by atoms with Crippen LogP contribution in [0.1, 0.15) is 60.9 Å². The maximum absolute atomic E-state index is 11.6. The van der Waals surface area contributed by atoms with E-state index in [1.807, 2.05) is 19.1 Å². The number of ether oxygens (including phenoxy) is 1. The van der Waals surface area contributed by atoms with Gasteiger partial charge < -0.3 is 9.84 Å². The number of hydrogen-bond donors (Lipinski definition) is 1. The van der Waals surface area contributed by atoms with Crippen molar-refractivity contribution in [2.24, 2.45) is 5.41 Å². The van der Waals surface area contributed by atoms with Crippen LogP contribution in [0.2, 0.25) is 0 Å². The molecule has 1 saturated carbocycles. The van der Waals surface area contributed by atoms with Crippen molar-refractivity contribution in [1.29, 1.82) is 0 Å². The van der Waals surface area contributed by atoms with E-state index in [-0.39, 0.29) is 11.9 Å². The lowest BCUT2D eigenvalue weighted by Gasteiger charge is -2.37. The highest BCUT2D eigenvalue weighted by molar-refractivity contribution is 5.89. The first kappa shape index (κ1) is 15.5. The highest BCUT2D eigenvalue weighted by Gasteiger charge is 2.41. The third kappa shape index (κ3) is 3.09. The summed E-state index contributed by atoms with van der Waals surface area (Å²) in [5, 5.41) is 9.54. The van der Waals surface area contributed by atoms with Crippen LogP contribution in [0.3, 0.4) is 0 Å². The molecule has 0 aromatic heterocycles. The first-order chi connectivity index (χ1) is 10.0. The van der Waals surface area contributed by atoms with Crippen molar-refractivity contribution in [3.05, 3.63) is 35.4 Å². The van der Waals surface area contributed by atoms with Crippen LogP contribution in [0.5, 0.6) is 0 Å². The van der Waals surface area contributed by atoms with Gasteiger partial charge >= 0.3 is 11.9 Å². The number of carboxylic acid groups (broad SMARTS) is 1. The van der Waals surface area contributed by atoms with E-state index < -0.39 is 11.4 Å². The lowest BCUT2D eigenvalue weighted by atomic mass is 9.66. The van der Waals surface area contributed by atoms with Crippen molar-refractivity contribution < 1.29 is 19.4 Å². The Labute approximate surface area is 125 Å². The molecule has 0 bridgehead atoms. The summed E-state index contributed by atoms with van der Waals surface area (Å²) < 4.78 is 4.69. The van der Waals surface area contributed by atoms with Gasteiger partial charge in [0, 0.05) is 0 Å². The summed E-state index contributed by atoms with van der Waals surface area (Å²) in [5.74, 6) is -0.777. The largest absolute Gasteiger partial charge is 0.481 e. The first-order valence-electron chi connectivity index (χ1n) is 7.44. The molecule has 21 heavy (non-hydrogen) atoms. The molecule has 1 fully saturated rings. The average Bonchev–Trinajstić information content (AvgIpc) is 2.54. The summed E-state index contributed by atoms with van der Waals surface area (Å²) in [6.07, 6.45) is 4.04. The van der Waals surface area contributed by atoms with Crippen molar-refractivity contribution in [1.82, 2.24) is 0 Å². The van der Waals surface area contributed by atoms with Crippen molar-refractivity contribution >= 4 is 11.9 Å². The van der Waals surface area contributed by atoms with Crippen molar-refractivity contribution in [2.75, 3.05) is 7.11 Å². The maximum Gasteiger partial charge on any atom is 0.337 e. The number of methoxy groups -OCH3 is 1. The molecule has 0 spiro atoms. The second kappa shape index (κ2) is 6.29. The number of esters is 1. The Morgan fingerprint density at radius 3 is 2.52 bits per heavy atom. The molecule has 1 aromatic carbocycles. The van der Waals surface area contributed by atoms with E-state index in [1.165, 1.54) is 7.11 Å². The summed E-state index contributed by atoms with van der Waals surface area (Å²) in [4.78, 5) is 23.0. The van der Waals surface area contributed by atoms with E-state index in [2.05, 4.69) is 4.74 Å². The fourth-order valence-electron chi connectivity index (χ4n) is 3.32. The SMILES string of the molecule is CCC1(C(=O)O)CCCC(c2ccc(C(=O)OC)cc2)C1. The molecule has 114 valence electrons. The number of carboxylic acids is 1. The van der Waals surface area contributed by atoms with Gasteiger partial charge in [0.1, 0.15) is 0 Å². The van der Waals surface area contributed by atoms with Gasteiger partial charge in [-0.3, -0.25) is 4.79 Å². The minimum atomic E-state index is -0.680. The minimum Gasteiger partial charge on any atom is -0.481 e. The number of hydrogen-bond acceptors (Lipinski definition) is 3. The smallest absolute Gasteiger partial charge is 0.337 e. The summed E-state index contributed by atoms with van der Waals surface area (Å²) in [6.45, 7) is 1.96. The molecule has 0 radical (unpaired) electrons. The summed E-state index contributed by atoms with van der Waals surface area (Å²) in [5.41, 5.74) is 1.04. The van der Waals surface area contributed by atoms with E-state index >= 15 is 0 Å². The number of carbonyl (C=O) groups is 2. The van der Waals surface area contributed by atoms with Crippen molar-refractivity contribution in [2.45, 2.75) is 44.9 Å². The van der Waals surface area contributed by atoms with Gasteiger partial charge in [0.15, 0.2) is 0 Å². The minimum absolute atomic E-state index is 0.251. The van der Waals surface area contributed by atoms with E-state index in [9.17, 15) is 14.7 Å². The fourth-order valence-corrected chi connectivity index (χ4v) is 3.32. The molecule has 1 aliphatic carbocycles. The summed E-state index contributed by atoms with van der Waals surface area (Å²) >= 11 is 0.